The first-order valence-electron chi connectivity index (χ1n) is 5.37. The van der Waals surface area contributed by atoms with Crippen molar-refractivity contribution in [2.75, 3.05) is 33.4 Å². The molecule has 4 heteroatoms. The van der Waals surface area contributed by atoms with Gasteiger partial charge in [0.2, 0.25) is 0 Å². The normalized spacial score (nSPS) is 18.9. The first-order chi connectivity index (χ1) is 6.77. The van der Waals surface area contributed by atoms with E-state index >= 15 is 0 Å². The van der Waals surface area contributed by atoms with Crippen molar-refractivity contribution < 1.29 is 9.84 Å². The quantitative estimate of drug-likeness (QED) is 0.572. The van der Waals surface area contributed by atoms with E-state index in [1.807, 2.05) is 0 Å². The van der Waals surface area contributed by atoms with Gasteiger partial charge in [0.25, 0.3) is 0 Å². The van der Waals surface area contributed by atoms with Crippen molar-refractivity contribution in [2.45, 2.75) is 31.3 Å². The van der Waals surface area contributed by atoms with Crippen molar-refractivity contribution >= 4 is 0 Å². The lowest BCUT2D eigenvalue weighted by Gasteiger charge is -2.22. The van der Waals surface area contributed by atoms with E-state index in [1.165, 1.54) is 12.8 Å². The van der Waals surface area contributed by atoms with Crippen molar-refractivity contribution in [1.29, 1.82) is 0 Å². The molecule has 1 aliphatic rings. The lowest BCUT2D eigenvalue weighted by Crippen LogP contribution is -2.35. The summed E-state index contributed by atoms with van der Waals surface area (Å²) in [6.45, 7) is 2.84. The zero-order valence-corrected chi connectivity index (χ0v) is 8.98. The van der Waals surface area contributed by atoms with Crippen molar-refractivity contribution in [3.63, 3.8) is 0 Å². The van der Waals surface area contributed by atoms with Gasteiger partial charge < -0.3 is 15.6 Å². The highest BCUT2D eigenvalue weighted by atomic mass is 16.5. The molecule has 1 saturated carbocycles. The Morgan fingerprint density at radius 1 is 1.50 bits per heavy atom. The molecule has 0 radical (unpaired) electrons. The van der Waals surface area contributed by atoms with Crippen LogP contribution in [-0.2, 0) is 4.74 Å². The van der Waals surface area contributed by atoms with Crippen LogP contribution in [0.5, 0.6) is 0 Å². The Hall–Kier alpha value is -0.160. The van der Waals surface area contributed by atoms with Gasteiger partial charge in [-0.05, 0) is 19.3 Å². The van der Waals surface area contributed by atoms with Crippen LogP contribution in [0.25, 0.3) is 0 Å². The topological polar surface area (TPSA) is 58.7 Å². The van der Waals surface area contributed by atoms with Gasteiger partial charge in [-0.15, -0.1) is 0 Å². The Balaban J connectivity index is 2.14. The molecular formula is C10H22N2O2. The van der Waals surface area contributed by atoms with Crippen molar-refractivity contribution in [3.05, 3.63) is 0 Å². The molecule has 0 heterocycles. The molecule has 3 N–H and O–H groups in total. The second-order valence-corrected chi connectivity index (χ2v) is 3.99. The maximum atomic E-state index is 8.81. The number of hydrogen-bond acceptors (Lipinski definition) is 4. The summed E-state index contributed by atoms with van der Waals surface area (Å²) >= 11 is 0. The van der Waals surface area contributed by atoms with Crippen LogP contribution in [0.4, 0.5) is 0 Å². The molecule has 0 aromatic rings. The van der Waals surface area contributed by atoms with E-state index in [4.69, 9.17) is 15.6 Å². The molecule has 0 aromatic carbocycles. The van der Waals surface area contributed by atoms with Gasteiger partial charge in [0.05, 0.1) is 13.2 Å². The van der Waals surface area contributed by atoms with Gasteiger partial charge in [-0.1, -0.05) is 0 Å². The largest absolute Gasteiger partial charge is 0.395 e. The van der Waals surface area contributed by atoms with E-state index in [1.54, 1.807) is 7.11 Å². The third-order valence-corrected chi connectivity index (χ3v) is 2.67. The van der Waals surface area contributed by atoms with Crippen molar-refractivity contribution in [3.8, 4) is 0 Å². The fourth-order valence-corrected chi connectivity index (χ4v) is 1.55. The third kappa shape index (κ3) is 4.37. The fourth-order valence-electron chi connectivity index (χ4n) is 1.55. The zero-order valence-electron chi connectivity index (χ0n) is 8.98. The van der Waals surface area contributed by atoms with Crippen molar-refractivity contribution in [1.82, 2.24) is 4.90 Å². The van der Waals surface area contributed by atoms with Crippen LogP contribution in [0.2, 0.25) is 0 Å². The molecule has 1 fully saturated rings. The summed E-state index contributed by atoms with van der Waals surface area (Å²) in [6.07, 6.45) is 3.48. The van der Waals surface area contributed by atoms with E-state index in [0.29, 0.717) is 0 Å². The molecule has 1 atom stereocenters. The fraction of sp³-hybridized carbons (Fsp3) is 1.00. The average Bonchev–Trinajstić information content (AvgIpc) is 3.01. The molecule has 0 amide bonds. The van der Waals surface area contributed by atoms with Crippen LogP contribution < -0.4 is 5.73 Å². The summed E-state index contributed by atoms with van der Waals surface area (Å²) in [5, 5.41) is 8.81. The summed E-state index contributed by atoms with van der Waals surface area (Å²) in [5.41, 5.74) is 5.66. The highest BCUT2D eigenvalue weighted by Gasteiger charge is 2.28. The van der Waals surface area contributed by atoms with Gasteiger partial charge in [-0.2, -0.15) is 0 Å². The highest BCUT2D eigenvalue weighted by molar-refractivity contribution is 4.84. The van der Waals surface area contributed by atoms with Gasteiger partial charge in [-0.25, -0.2) is 0 Å². The molecule has 4 nitrogen and oxygen atoms in total. The molecule has 14 heavy (non-hydrogen) atoms. The molecule has 0 aliphatic heterocycles. The molecule has 84 valence electrons. The number of aliphatic hydroxyl groups is 1. The number of ether oxygens (including phenoxy) is 1. The lowest BCUT2D eigenvalue weighted by atomic mass is 10.2. The number of hydrogen-bond donors (Lipinski definition) is 2. The summed E-state index contributed by atoms with van der Waals surface area (Å²) in [5.74, 6) is 0. The van der Waals surface area contributed by atoms with Gasteiger partial charge in [-0.3, -0.25) is 4.90 Å². The number of rotatable bonds is 8. The predicted octanol–water partition coefficient (Wildman–Crippen LogP) is -0.193. The first kappa shape index (κ1) is 11.9. The Kier molecular flexibility index (Phi) is 5.40. The third-order valence-electron chi connectivity index (χ3n) is 2.67. The molecule has 0 bridgehead atoms. The van der Waals surface area contributed by atoms with E-state index in [9.17, 15) is 0 Å². The maximum Gasteiger partial charge on any atom is 0.0589 e. The second kappa shape index (κ2) is 6.35. The van der Waals surface area contributed by atoms with E-state index in [-0.39, 0.29) is 12.6 Å². The average molecular weight is 202 g/mol. The van der Waals surface area contributed by atoms with Gasteiger partial charge >= 0.3 is 0 Å². The summed E-state index contributed by atoms with van der Waals surface area (Å²) in [7, 11) is 1.73. The maximum absolute atomic E-state index is 8.81. The minimum Gasteiger partial charge on any atom is -0.395 e. The van der Waals surface area contributed by atoms with Crippen molar-refractivity contribution in [2.24, 2.45) is 5.73 Å². The molecule has 1 unspecified atom stereocenters. The Bertz CT molecular complexity index is 151. The molecule has 0 saturated heterocycles. The van der Waals surface area contributed by atoms with Crippen LogP contribution in [0.1, 0.15) is 19.3 Å². The Morgan fingerprint density at radius 2 is 2.21 bits per heavy atom. The monoisotopic (exact) mass is 202 g/mol. The minimum atomic E-state index is -0.0706. The summed E-state index contributed by atoms with van der Waals surface area (Å²) < 4.78 is 5.06. The Labute approximate surface area is 86.0 Å². The van der Waals surface area contributed by atoms with Crippen LogP contribution in [-0.4, -0.2) is 55.5 Å². The zero-order chi connectivity index (χ0) is 10.4. The molecular weight excluding hydrogens is 180 g/mol. The van der Waals surface area contributed by atoms with E-state index < -0.39 is 0 Å². The number of nitrogens with zero attached hydrogens (tertiary/aromatic N) is 1. The van der Waals surface area contributed by atoms with Gasteiger partial charge in [0.1, 0.15) is 0 Å². The van der Waals surface area contributed by atoms with Crippen LogP contribution in [0.3, 0.4) is 0 Å². The summed E-state index contributed by atoms with van der Waals surface area (Å²) in [4.78, 5) is 2.42. The van der Waals surface area contributed by atoms with Gasteiger partial charge in [0, 0.05) is 32.3 Å². The SMILES string of the molecule is COCCN(CCC(N)CO)C1CC1. The predicted molar refractivity (Wildman–Crippen MR) is 56.1 cm³/mol. The van der Waals surface area contributed by atoms with Crippen LogP contribution in [0, 0.1) is 0 Å². The minimum absolute atomic E-state index is 0.0706. The Morgan fingerprint density at radius 3 is 2.71 bits per heavy atom. The first-order valence-corrected chi connectivity index (χ1v) is 5.37. The number of aliphatic hydroxyl groups excluding tert-OH is 1. The smallest absolute Gasteiger partial charge is 0.0589 e. The highest BCUT2D eigenvalue weighted by Crippen LogP contribution is 2.26. The molecule has 1 aliphatic carbocycles. The van der Waals surface area contributed by atoms with Crippen LogP contribution >= 0.6 is 0 Å². The standard InChI is InChI=1S/C10H22N2O2/c1-14-7-6-12(10-2-3-10)5-4-9(11)8-13/h9-10,13H,2-8,11H2,1H3. The second-order valence-electron chi connectivity index (χ2n) is 3.99. The lowest BCUT2D eigenvalue weighted by molar-refractivity contribution is 0.138. The molecule has 1 rings (SSSR count). The molecule has 0 aromatic heterocycles. The number of nitrogens with two attached hydrogens (primary N) is 1. The number of methoxy groups -OCH3 is 1. The van der Waals surface area contributed by atoms with E-state index in [2.05, 4.69) is 4.90 Å². The molecule has 0 spiro atoms. The van der Waals surface area contributed by atoms with Crippen LogP contribution in [0.15, 0.2) is 0 Å². The summed E-state index contributed by atoms with van der Waals surface area (Å²) in [6, 6.07) is 0.676. The van der Waals surface area contributed by atoms with Gasteiger partial charge in [0.15, 0.2) is 0 Å². The van der Waals surface area contributed by atoms with E-state index in [0.717, 1.165) is 32.2 Å².